The van der Waals surface area contributed by atoms with E-state index in [1.165, 1.54) is 6.07 Å². The molecular weight excluding hydrogens is 284 g/mol. The second kappa shape index (κ2) is 6.29. The molecule has 0 saturated carbocycles. The van der Waals surface area contributed by atoms with Gasteiger partial charge in [0.2, 0.25) is 5.89 Å². The average molecular weight is 297 g/mol. The Kier molecular flexibility index (Phi) is 4.46. The van der Waals surface area contributed by atoms with Crippen molar-refractivity contribution in [1.29, 1.82) is 0 Å². The van der Waals surface area contributed by atoms with Crippen molar-refractivity contribution < 1.29 is 22.8 Å². The van der Waals surface area contributed by atoms with Crippen molar-refractivity contribution in [3.63, 3.8) is 0 Å². The topological polar surface area (TPSA) is 77.2 Å². The molecule has 0 aliphatic carbocycles. The molecule has 1 aromatic heterocycles. The summed E-state index contributed by atoms with van der Waals surface area (Å²) < 4.78 is 36.7. The van der Waals surface area contributed by atoms with Crippen molar-refractivity contribution in [2.24, 2.45) is 0 Å². The SMILES string of the molecule is COC(=O)c1ccc(NCCc2nc(C)no2)c(F)c1F. The average Bonchev–Trinajstić information content (AvgIpc) is 2.88. The fourth-order valence-corrected chi connectivity index (χ4v) is 1.70. The number of halogens is 2. The highest BCUT2D eigenvalue weighted by molar-refractivity contribution is 5.90. The van der Waals surface area contributed by atoms with Crippen molar-refractivity contribution in [1.82, 2.24) is 10.1 Å². The lowest BCUT2D eigenvalue weighted by Crippen LogP contribution is -2.11. The highest BCUT2D eigenvalue weighted by Gasteiger charge is 2.19. The predicted octanol–water partition coefficient (Wildman–Crippen LogP) is 2.10. The Bertz CT molecular complexity index is 658. The molecule has 6 nitrogen and oxygen atoms in total. The van der Waals surface area contributed by atoms with Crippen molar-refractivity contribution in [2.75, 3.05) is 19.0 Å². The van der Waals surface area contributed by atoms with Crippen molar-refractivity contribution in [3.05, 3.63) is 41.0 Å². The van der Waals surface area contributed by atoms with E-state index in [9.17, 15) is 13.6 Å². The number of hydrogen-bond acceptors (Lipinski definition) is 6. The third-order valence-corrected chi connectivity index (χ3v) is 2.71. The van der Waals surface area contributed by atoms with Crippen LogP contribution in [0.3, 0.4) is 0 Å². The first-order valence-electron chi connectivity index (χ1n) is 6.12. The molecule has 0 spiro atoms. The molecule has 0 bridgehead atoms. The van der Waals surface area contributed by atoms with Gasteiger partial charge in [-0.2, -0.15) is 4.98 Å². The zero-order valence-corrected chi connectivity index (χ0v) is 11.4. The summed E-state index contributed by atoms with van der Waals surface area (Å²) in [5.41, 5.74) is -0.510. The van der Waals surface area contributed by atoms with Gasteiger partial charge in [0.25, 0.3) is 0 Å². The molecule has 8 heteroatoms. The number of nitrogens with zero attached hydrogens (tertiary/aromatic N) is 2. The van der Waals surface area contributed by atoms with Gasteiger partial charge in [0.05, 0.1) is 18.4 Å². The summed E-state index contributed by atoms with van der Waals surface area (Å²) in [5.74, 6) is -2.42. The van der Waals surface area contributed by atoms with Crippen LogP contribution in [-0.4, -0.2) is 29.8 Å². The summed E-state index contributed by atoms with van der Waals surface area (Å²) >= 11 is 0. The summed E-state index contributed by atoms with van der Waals surface area (Å²) in [5, 5.41) is 6.32. The smallest absolute Gasteiger partial charge is 0.340 e. The molecule has 0 saturated heterocycles. The van der Waals surface area contributed by atoms with E-state index in [0.717, 1.165) is 13.2 Å². The van der Waals surface area contributed by atoms with Gasteiger partial charge in [-0.1, -0.05) is 5.16 Å². The van der Waals surface area contributed by atoms with E-state index in [0.29, 0.717) is 18.1 Å². The number of carbonyl (C=O) groups is 1. The maximum Gasteiger partial charge on any atom is 0.340 e. The summed E-state index contributed by atoms with van der Waals surface area (Å²) in [6.07, 6.45) is 0.362. The minimum atomic E-state index is -1.25. The summed E-state index contributed by atoms with van der Waals surface area (Å²) in [4.78, 5) is 15.2. The van der Waals surface area contributed by atoms with Gasteiger partial charge < -0.3 is 14.6 Å². The first-order chi connectivity index (χ1) is 10.0. The van der Waals surface area contributed by atoms with Gasteiger partial charge in [0, 0.05) is 13.0 Å². The third kappa shape index (κ3) is 3.33. The molecule has 0 amide bonds. The molecular formula is C13H13F2N3O3. The Labute approximate surface area is 119 Å². The zero-order chi connectivity index (χ0) is 15.4. The number of aryl methyl sites for hydroxylation is 1. The first-order valence-corrected chi connectivity index (χ1v) is 6.12. The van der Waals surface area contributed by atoms with Crippen molar-refractivity contribution in [3.8, 4) is 0 Å². The molecule has 1 heterocycles. The van der Waals surface area contributed by atoms with Crippen LogP contribution in [0.2, 0.25) is 0 Å². The molecule has 0 aliphatic rings. The number of methoxy groups -OCH3 is 1. The fourth-order valence-electron chi connectivity index (χ4n) is 1.70. The number of rotatable bonds is 5. The van der Waals surface area contributed by atoms with Gasteiger partial charge in [-0.05, 0) is 19.1 Å². The molecule has 0 unspecified atom stereocenters. The van der Waals surface area contributed by atoms with E-state index in [1.54, 1.807) is 6.92 Å². The molecule has 2 rings (SSSR count). The molecule has 0 fully saturated rings. The molecule has 2 aromatic rings. The lowest BCUT2D eigenvalue weighted by Gasteiger charge is -2.09. The Hall–Kier alpha value is -2.51. The second-order valence-electron chi connectivity index (χ2n) is 4.19. The first kappa shape index (κ1) is 14.9. The number of aromatic nitrogens is 2. The van der Waals surface area contributed by atoms with Gasteiger partial charge in [-0.3, -0.25) is 0 Å². The number of benzene rings is 1. The summed E-state index contributed by atoms with van der Waals surface area (Å²) in [7, 11) is 1.10. The highest BCUT2D eigenvalue weighted by atomic mass is 19.2. The fraction of sp³-hybridized carbons (Fsp3) is 0.308. The Morgan fingerprint density at radius 2 is 2.14 bits per heavy atom. The Morgan fingerprint density at radius 3 is 2.76 bits per heavy atom. The van der Waals surface area contributed by atoms with Crippen LogP contribution in [0.15, 0.2) is 16.7 Å². The van der Waals surface area contributed by atoms with Crippen LogP contribution < -0.4 is 5.32 Å². The number of hydrogen-bond donors (Lipinski definition) is 1. The number of nitrogens with one attached hydrogen (secondary N) is 1. The summed E-state index contributed by atoms with van der Waals surface area (Å²) in [6.45, 7) is 1.95. The predicted molar refractivity (Wildman–Crippen MR) is 68.9 cm³/mol. The second-order valence-corrected chi connectivity index (χ2v) is 4.19. The summed E-state index contributed by atoms with van der Waals surface area (Å²) in [6, 6.07) is 2.42. The van der Waals surface area contributed by atoms with Crippen LogP contribution in [0.5, 0.6) is 0 Å². The van der Waals surface area contributed by atoms with E-state index in [1.807, 2.05) is 0 Å². The van der Waals surface area contributed by atoms with Gasteiger partial charge >= 0.3 is 5.97 Å². The van der Waals surface area contributed by atoms with Crippen molar-refractivity contribution >= 4 is 11.7 Å². The lowest BCUT2D eigenvalue weighted by molar-refractivity contribution is 0.0594. The molecule has 1 aromatic carbocycles. The molecule has 112 valence electrons. The van der Waals surface area contributed by atoms with Crippen LogP contribution in [0.1, 0.15) is 22.1 Å². The molecule has 0 atom stereocenters. The Morgan fingerprint density at radius 1 is 1.38 bits per heavy atom. The molecule has 0 aliphatic heterocycles. The lowest BCUT2D eigenvalue weighted by atomic mass is 10.1. The van der Waals surface area contributed by atoms with Crippen LogP contribution >= 0.6 is 0 Å². The normalized spacial score (nSPS) is 10.5. The number of esters is 1. The minimum absolute atomic E-state index is 0.0589. The van der Waals surface area contributed by atoms with Gasteiger partial charge in [-0.15, -0.1) is 0 Å². The largest absolute Gasteiger partial charge is 0.465 e. The molecule has 0 radical (unpaired) electrons. The van der Waals surface area contributed by atoms with E-state index in [2.05, 4.69) is 20.2 Å². The van der Waals surface area contributed by atoms with E-state index < -0.39 is 23.2 Å². The van der Waals surface area contributed by atoms with Crippen molar-refractivity contribution in [2.45, 2.75) is 13.3 Å². The van der Waals surface area contributed by atoms with Crippen LogP contribution in [0.25, 0.3) is 0 Å². The standard InChI is InChI=1S/C13H13F2N3O3/c1-7-17-10(21-18-7)5-6-16-9-4-3-8(13(19)20-2)11(14)12(9)15/h3-4,16H,5-6H2,1-2H3. The van der Waals surface area contributed by atoms with Gasteiger partial charge in [-0.25, -0.2) is 13.6 Å². The maximum absolute atomic E-state index is 13.8. The van der Waals surface area contributed by atoms with Crippen LogP contribution in [0, 0.1) is 18.6 Å². The number of ether oxygens (including phenoxy) is 1. The van der Waals surface area contributed by atoms with E-state index in [-0.39, 0.29) is 12.2 Å². The van der Waals surface area contributed by atoms with E-state index in [4.69, 9.17) is 4.52 Å². The highest BCUT2D eigenvalue weighted by Crippen LogP contribution is 2.21. The third-order valence-electron chi connectivity index (χ3n) is 2.71. The van der Waals surface area contributed by atoms with Crippen LogP contribution in [0.4, 0.5) is 14.5 Å². The minimum Gasteiger partial charge on any atom is -0.465 e. The quantitative estimate of drug-likeness (QED) is 0.852. The van der Waals surface area contributed by atoms with Gasteiger partial charge in [0.1, 0.15) is 0 Å². The maximum atomic E-state index is 13.8. The number of carbonyl (C=O) groups excluding carboxylic acids is 1. The monoisotopic (exact) mass is 297 g/mol. The molecule has 1 N–H and O–H groups in total. The van der Waals surface area contributed by atoms with Crippen LogP contribution in [-0.2, 0) is 11.2 Å². The van der Waals surface area contributed by atoms with E-state index >= 15 is 0 Å². The molecule has 21 heavy (non-hydrogen) atoms. The Balaban J connectivity index is 2.04. The number of anilines is 1. The zero-order valence-electron chi connectivity index (χ0n) is 11.4. The van der Waals surface area contributed by atoms with Gasteiger partial charge in [0.15, 0.2) is 17.5 Å².